The number of carbonyl (C=O) groups excluding carboxylic acids is 2. The van der Waals surface area contributed by atoms with Crippen molar-refractivity contribution in [1.82, 2.24) is 5.32 Å². The topological polar surface area (TPSA) is 49.4 Å². The SMILES string of the molecule is CN(C=O)c1ccc(F)c(CNC(=O)C2CC2)c1. The Morgan fingerprint density at radius 3 is 2.89 bits per heavy atom. The van der Waals surface area contributed by atoms with E-state index in [9.17, 15) is 14.0 Å². The van der Waals surface area contributed by atoms with E-state index in [1.54, 1.807) is 13.1 Å². The van der Waals surface area contributed by atoms with E-state index in [0.29, 0.717) is 17.7 Å². The van der Waals surface area contributed by atoms with Crippen molar-refractivity contribution in [3.05, 3.63) is 29.6 Å². The lowest BCUT2D eigenvalue weighted by atomic mass is 10.1. The van der Waals surface area contributed by atoms with Gasteiger partial charge in [-0.3, -0.25) is 9.59 Å². The van der Waals surface area contributed by atoms with Gasteiger partial charge in [-0.25, -0.2) is 4.39 Å². The molecule has 1 saturated carbocycles. The van der Waals surface area contributed by atoms with Gasteiger partial charge in [-0.2, -0.15) is 0 Å². The van der Waals surface area contributed by atoms with Crippen LogP contribution in [-0.2, 0) is 16.1 Å². The summed E-state index contributed by atoms with van der Waals surface area (Å²) in [6.45, 7) is 0.154. The summed E-state index contributed by atoms with van der Waals surface area (Å²) >= 11 is 0. The fourth-order valence-electron chi connectivity index (χ4n) is 1.65. The summed E-state index contributed by atoms with van der Waals surface area (Å²) < 4.78 is 13.5. The molecule has 18 heavy (non-hydrogen) atoms. The van der Waals surface area contributed by atoms with E-state index in [1.165, 1.54) is 17.0 Å². The fraction of sp³-hybridized carbons (Fsp3) is 0.385. The highest BCUT2D eigenvalue weighted by atomic mass is 19.1. The molecular formula is C13H15FN2O2. The molecule has 0 aromatic heterocycles. The van der Waals surface area contributed by atoms with Gasteiger partial charge in [0, 0.05) is 30.8 Å². The average molecular weight is 250 g/mol. The number of nitrogens with one attached hydrogen (secondary N) is 1. The van der Waals surface area contributed by atoms with E-state index in [2.05, 4.69) is 5.32 Å². The van der Waals surface area contributed by atoms with Crippen LogP contribution in [0, 0.1) is 11.7 Å². The number of hydrogen-bond donors (Lipinski definition) is 1. The summed E-state index contributed by atoms with van der Waals surface area (Å²) in [5, 5.41) is 2.70. The second-order valence-corrected chi connectivity index (χ2v) is 4.48. The van der Waals surface area contributed by atoms with Crippen LogP contribution in [0.3, 0.4) is 0 Å². The second-order valence-electron chi connectivity index (χ2n) is 4.48. The van der Waals surface area contributed by atoms with Crippen molar-refractivity contribution in [2.45, 2.75) is 19.4 Å². The Bertz CT molecular complexity index is 472. The van der Waals surface area contributed by atoms with Gasteiger partial charge in [-0.1, -0.05) is 0 Å². The summed E-state index contributed by atoms with van der Waals surface area (Å²) in [5.74, 6) is -0.299. The van der Waals surface area contributed by atoms with Crippen LogP contribution < -0.4 is 10.2 Å². The maximum Gasteiger partial charge on any atom is 0.223 e. The zero-order chi connectivity index (χ0) is 13.1. The van der Waals surface area contributed by atoms with Crippen LogP contribution in [0.2, 0.25) is 0 Å². The van der Waals surface area contributed by atoms with Crippen molar-refractivity contribution in [1.29, 1.82) is 0 Å². The lowest BCUT2D eigenvalue weighted by Gasteiger charge is -2.13. The van der Waals surface area contributed by atoms with Crippen molar-refractivity contribution < 1.29 is 14.0 Å². The molecule has 0 heterocycles. The molecule has 0 aliphatic heterocycles. The molecule has 0 unspecified atom stereocenters. The number of rotatable bonds is 5. The highest BCUT2D eigenvalue weighted by Crippen LogP contribution is 2.29. The molecular weight excluding hydrogens is 235 g/mol. The first-order valence-electron chi connectivity index (χ1n) is 5.86. The third-order valence-corrected chi connectivity index (χ3v) is 3.00. The Labute approximate surface area is 105 Å². The normalized spacial score (nSPS) is 14.1. The third-order valence-electron chi connectivity index (χ3n) is 3.00. The first kappa shape index (κ1) is 12.5. The van der Waals surface area contributed by atoms with E-state index in [1.807, 2.05) is 0 Å². The monoisotopic (exact) mass is 250 g/mol. The van der Waals surface area contributed by atoms with Crippen LogP contribution in [-0.4, -0.2) is 19.4 Å². The highest BCUT2D eigenvalue weighted by molar-refractivity contribution is 5.81. The second kappa shape index (κ2) is 5.16. The molecule has 1 fully saturated rings. The molecule has 0 spiro atoms. The first-order chi connectivity index (χ1) is 8.61. The molecule has 1 aliphatic carbocycles. The van der Waals surface area contributed by atoms with Crippen LogP contribution in [0.4, 0.5) is 10.1 Å². The van der Waals surface area contributed by atoms with Crippen molar-refractivity contribution in [2.24, 2.45) is 5.92 Å². The highest BCUT2D eigenvalue weighted by Gasteiger charge is 2.29. The molecule has 0 saturated heterocycles. The maximum atomic E-state index is 13.5. The molecule has 1 N–H and O–H groups in total. The number of hydrogen-bond acceptors (Lipinski definition) is 2. The summed E-state index contributed by atoms with van der Waals surface area (Å²) in [7, 11) is 1.59. The van der Waals surface area contributed by atoms with Crippen LogP contribution in [0.25, 0.3) is 0 Å². The molecule has 0 radical (unpaired) electrons. The van der Waals surface area contributed by atoms with Crippen LogP contribution in [0.1, 0.15) is 18.4 Å². The zero-order valence-corrected chi connectivity index (χ0v) is 10.1. The van der Waals surface area contributed by atoms with Gasteiger partial charge in [0.15, 0.2) is 0 Å². The Balaban J connectivity index is 2.05. The van der Waals surface area contributed by atoms with E-state index < -0.39 is 0 Å². The number of amides is 2. The summed E-state index contributed by atoms with van der Waals surface area (Å²) in [4.78, 5) is 23.4. The largest absolute Gasteiger partial charge is 0.352 e. The number of nitrogens with zero attached hydrogens (tertiary/aromatic N) is 1. The predicted octanol–water partition coefficient (Wildman–Crippen LogP) is 1.44. The summed E-state index contributed by atoms with van der Waals surface area (Å²) in [5.41, 5.74) is 0.984. The minimum atomic E-state index is -0.380. The van der Waals surface area contributed by atoms with E-state index in [0.717, 1.165) is 12.8 Å². The van der Waals surface area contributed by atoms with E-state index >= 15 is 0 Å². The lowest BCUT2D eigenvalue weighted by Crippen LogP contribution is -2.25. The van der Waals surface area contributed by atoms with Crippen molar-refractivity contribution in [3.63, 3.8) is 0 Å². The van der Waals surface area contributed by atoms with Gasteiger partial charge in [0.25, 0.3) is 0 Å². The average Bonchev–Trinajstić information content (AvgIpc) is 3.20. The van der Waals surface area contributed by atoms with Gasteiger partial charge in [0.1, 0.15) is 5.82 Å². The van der Waals surface area contributed by atoms with Gasteiger partial charge in [-0.05, 0) is 31.0 Å². The standard InChI is InChI=1S/C13H15FN2O2/c1-16(8-17)11-4-5-12(14)10(6-11)7-15-13(18)9-2-3-9/h4-6,8-9H,2-3,7H2,1H3,(H,15,18). The predicted molar refractivity (Wildman–Crippen MR) is 65.4 cm³/mol. The minimum Gasteiger partial charge on any atom is -0.352 e. The first-order valence-corrected chi connectivity index (χ1v) is 5.86. The number of benzene rings is 1. The van der Waals surface area contributed by atoms with Gasteiger partial charge in [-0.15, -0.1) is 0 Å². The van der Waals surface area contributed by atoms with Crippen molar-refractivity contribution in [2.75, 3.05) is 11.9 Å². The number of carbonyl (C=O) groups is 2. The van der Waals surface area contributed by atoms with Crippen molar-refractivity contribution >= 4 is 18.0 Å². The molecule has 2 rings (SSSR count). The quantitative estimate of drug-likeness (QED) is 0.804. The van der Waals surface area contributed by atoms with Gasteiger partial charge in [0.05, 0.1) is 0 Å². The molecule has 1 aromatic carbocycles. The van der Waals surface area contributed by atoms with E-state index in [-0.39, 0.29) is 24.2 Å². The summed E-state index contributed by atoms with van der Waals surface area (Å²) in [6, 6.07) is 4.39. The molecule has 96 valence electrons. The third kappa shape index (κ3) is 2.85. The fourth-order valence-corrected chi connectivity index (χ4v) is 1.65. The Hall–Kier alpha value is -1.91. The molecule has 0 bridgehead atoms. The molecule has 5 heteroatoms. The van der Waals surface area contributed by atoms with E-state index in [4.69, 9.17) is 0 Å². The Kier molecular flexibility index (Phi) is 3.60. The van der Waals surface area contributed by atoms with Crippen LogP contribution in [0.15, 0.2) is 18.2 Å². The smallest absolute Gasteiger partial charge is 0.223 e. The maximum absolute atomic E-state index is 13.5. The molecule has 1 aliphatic rings. The van der Waals surface area contributed by atoms with Crippen LogP contribution in [0.5, 0.6) is 0 Å². The minimum absolute atomic E-state index is 0.0245. The molecule has 1 aromatic rings. The van der Waals surface area contributed by atoms with Crippen molar-refractivity contribution in [3.8, 4) is 0 Å². The Morgan fingerprint density at radius 1 is 1.56 bits per heavy atom. The van der Waals surface area contributed by atoms with Gasteiger partial charge < -0.3 is 10.2 Å². The van der Waals surface area contributed by atoms with Gasteiger partial charge >= 0.3 is 0 Å². The summed E-state index contributed by atoms with van der Waals surface area (Å²) in [6.07, 6.45) is 2.49. The zero-order valence-electron chi connectivity index (χ0n) is 10.1. The van der Waals surface area contributed by atoms with Gasteiger partial charge in [0.2, 0.25) is 12.3 Å². The molecule has 4 nitrogen and oxygen atoms in total. The lowest BCUT2D eigenvalue weighted by molar-refractivity contribution is -0.122. The van der Waals surface area contributed by atoms with Crippen LogP contribution >= 0.6 is 0 Å². The molecule has 2 amide bonds. The molecule has 0 atom stereocenters. The number of halogens is 1. The Morgan fingerprint density at radius 2 is 2.28 bits per heavy atom. The number of anilines is 1.